The van der Waals surface area contributed by atoms with Crippen molar-refractivity contribution >= 4 is 29.1 Å². The normalized spacial score (nSPS) is 17.5. The van der Waals surface area contributed by atoms with Gasteiger partial charge in [-0.25, -0.2) is 4.68 Å². The molecule has 0 radical (unpaired) electrons. The Morgan fingerprint density at radius 3 is 2.71 bits per heavy atom. The van der Waals surface area contributed by atoms with Crippen LogP contribution in [0, 0.1) is 13.8 Å². The van der Waals surface area contributed by atoms with E-state index in [1.165, 1.54) is 6.07 Å². The number of carbonyl (C=O) groups excluding carboxylic acids is 1. The van der Waals surface area contributed by atoms with E-state index in [1.807, 2.05) is 39.0 Å². The Balaban J connectivity index is 1.69. The molecule has 0 saturated carbocycles. The third-order valence-electron chi connectivity index (χ3n) is 5.60. The Hall–Kier alpha value is -2.86. The molecule has 0 unspecified atom stereocenters. The molecule has 1 aromatic heterocycles. The Morgan fingerprint density at radius 2 is 2.03 bits per heavy atom. The molecule has 1 aliphatic heterocycles. The number of hydrazine groups is 1. The summed E-state index contributed by atoms with van der Waals surface area (Å²) >= 11 is 5.08. The van der Waals surface area contributed by atoms with Crippen molar-refractivity contribution in [1.29, 1.82) is 0 Å². The minimum absolute atomic E-state index is 0.124. The van der Waals surface area contributed by atoms with Crippen LogP contribution in [0.25, 0.3) is 0 Å². The highest BCUT2D eigenvalue weighted by molar-refractivity contribution is 7.80. The fraction of sp³-hybridized carbons (Fsp3) is 0.500. The van der Waals surface area contributed by atoms with Gasteiger partial charge in [0, 0.05) is 32.2 Å². The van der Waals surface area contributed by atoms with Crippen molar-refractivity contribution in [3.05, 3.63) is 46.6 Å². The zero-order valence-electron chi connectivity index (χ0n) is 19.3. The van der Waals surface area contributed by atoms with E-state index in [0.717, 1.165) is 27.8 Å². The van der Waals surface area contributed by atoms with E-state index in [1.54, 1.807) is 0 Å². The number of ether oxygens (including phenoxy) is 1. The third-order valence-corrected chi connectivity index (χ3v) is 5.85. The largest absolute Gasteiger partial charge is 0.410 e. The van der Waals surface area contributed by atoms with Crippen LogP contribution in [0.2, 0.25) is 0 Å². The van der Waals surface area contributed by atoms with Gasteiger partial charge in [-0.15, -0.1) is 0 Å². The van der Waals surface area contributed by atoms with E-state index in [2.05, 4.69) is 26.6 Å². The van der Waals surface area contributed by atoms with Crippen molar-refractivity contribution in [2.24, 2.45) is 0 Å². The highest BCUT2D eigenvalue weighted by atomic mass is 32.1. The summed E-state index contributed by atoms with van der Waals surface area (Å²) in [5.41, 5.74) is 7.53. The average molecular weight is 499 g/mol. The molecule has 1 aromatic carbocycles. The number of halogens is 3. The van der Waals surface area contributed by atoms with Gasteiger partial charge in [-0.1, -0.05) is 18.2 Å². The number of hydrogen-bond donors (Lipinski definition) is 4. The first-order valence-electron chi connectivity index (χ1n) is 11.0. The van der Waals surface area contributed by atoms with Crippen molar-refractivity contribution in [2.75, 3.05) is 25.1 Å². The standard InChI is InChI=1S/C22H29F3N6O2S/c1-4-33-9-5-8-26-21(34)29-28-20(32)17-12-19-27-16(15-7-6-13(2)14(3)10-15)11-18(22(23,24)25)31(19)30-17/h6-7,10,12,16,18,27H,4-5,8-9,11H2,1-3H3,(H,28,32)(H2,26,29,34)/t16-,18+/m0/s1. The van der Waals surface area contributed by atoms with Gasteiger partial charge in [0.15, 0.2) is 16.8 Å². The molecular formula is C22H29F3N6O2S. The number of anilines is 1. The second-order valence-corrected chi connectivity index (χ2v) is 8.49. The molecule has 12 heteroatoms. The van der Waals surface area contributed by atoms with Crippen molar-refractivity contribution < 1.29 is 22.7 Å². The fourth-order valence-corrected chi connectivity index (χ4v) is 3.78. The molecule has 0 bridgehead atoms. The highest BCUT2D eigenvalue weighted by Crippen LogP contribution is 2.43. The molecule has 2 atom stereocenters. The zero-order chi connectivity index (χ0) is 24.9. The number of hydrogen-bond acceptors (Lipinski definition) is 5. The lowest BCUT2D eigenvalue weighted by atomic mass is 9.94. The lowest BCUT2D eigenvalue weighted by Crippen LogP contribution is -2.47. The van der Waals surface area contributed by atoms with E-state index >= 15 is 0 Å². The Labute approximate surface area is 201 Å². The van der Waals surface area contributed by atoms with E-state index in [-0.39, 0.29) is 23.0 Å². The Kier molecular flexibility index (Phi) is 8.37. The van der Waals surface area contributed by atoms with Gasteiger partial charge in [0.2, 0.25) is 0 Å². The summed E-state index contributed by atoms with van der Waals surface area (Å²) < 4.78 is 47.7. The third kappa shape index (κ3) is 6.38. The summed E-state index contributed by atoms with van der Waals surface area (Å²) in [4.78, 5) is 12.5. The van der Waals surface area contributed by atoms with Crippen molar-refractivity contribution in [2.45, 2.75) is 51.9 Å². The van der Waals surface area contributed by atoms with Crippen LogP contribution in [0.5, 0.6) is 0 Å². The van der Waals surface area contributed by atoms with Gasteiger partial charge in [-0.05, 0) is 56.1 Å². The van der Waals surface area contributed by atoms with Gasteiger partial charge in [0.05, 0.1) is 6.04 Å². The smallest absolute Gasteiger partial charge is 0.382 e. The quantitative estimate of drug-likeness (QED) is 0.263. The summed E-state index contributed by atoms with van der Waals surface area (Å²) in [5.74, 6) is -0.579. The predicted molar refractivity (Wildman–Crippen MR) is 127 cm³/mol. The number of aryl methyl sites for hydroxylation is 2. The Bertz CT molecular complexity index is 1030. The van der Waals surface area contributed by atoms with Gasteiger partial charge in [-0.2, -0.15) is 18.3 Å². The van der Waals surface area contributed by atoms with Crippen LogP contribution in [0.4, 0.5) is 19.0 Å². The van der Waals surface area contributed by atoms with Crippen molar-refractivity contribution in [3.8, 4) is 0 Å². The number of nitrogens with one attached hydrogen (secondary N) is 4. The molecule has 1 aliphatic rings. The van der Waals surface area contributed by atoms with Crippen LogP contribution < -0.4 is 21.5 Å². The highest BCUT2D eigenvalue weighted by Gasteiger charge is 2.46. The molecule has 4 N–H and O–H groups in total. The number of amides is 1. The number of rotatable bonds is 7. The van der Waals surface area contributed by atoms with Crippen molar-refractivity contribution in [1.82, 2.24) is 25.9 Å². The number of fused-ring (bicyclic) bond motifs is 1. The number of benzene rings is 1. The Morgan fingerprint density at radius 1 is 1.26 bits per heavy atom. The number of carbonyl (C=O) groups is 1. The number of alkyl halides is 3. The topological polar surface area (TPSA) is 92.2 Å². The minimum atomic E-state index is -4.53. The maximum absolute atomic E-state index is 13.9. The molecule has 8 nitrogen and oxygen atoms in total. The van der Waals surface area contributed by atoms with Gasteiger partial charge in [0.25, 0.3) is 5.91 Å². The van der Waals surface area contributed by atoms with E-state index in [0.29, 0.717) is 19.8 Å². The molecule has 186 valence electrons. The molecule has 0 spiro atoms. The first kappa shape index (κ1) is 25.8. The molecule has 0 saturated heterocycles. The van der Waals surface area contributed by atoms with Crippen molar-refractivity contribution in [3.63, 3.8) is 0 Å². The van der Waals surface area contributed by atoms with Crippen LogP contribution in [0.15, 0.2) is 24.3 Å². The van der Waals surface area contributed by atoms with Crippen LogP contribution in [-0.2, 0) is 4.74 Å². The molecular weight excluding hydrogens is 469 g/mol. The molecule has 0 fully saturated rings. The maximum Gasteiger partial charge on any atom is 0.410 e. The lowest BCUT2D eigenvalue weighted by molar-refractivity contribution is -0.173. The number of nitrogens with zero attached hydrogens (tertiary/aromatic N) is 2. The summed E-state index contributed by atoms with van der Waals surface area (Å²) in [5, 5.41) is 10.1. The van der Waals surface area contributed by atoms with E-state index in [9.17, 15) is 18.0 Å². The summed E-state index contributed by atoms with van der Waals surface area (Å²) in [7, 11) is 0. The average Bonchev–Trinajstić information content (AvgIpc) is 3.22. The predicted octanol–water partition coefficient (Wildman–Crippen LogP) is 3.70. The molecule has 3 rings (SSSR count). The van der Waals surface area contributed by atoms with Gasteiger partial charge < -0.3 is 15.4 Å². The molecule has 2 heterocycles. The second-order valence-electron chi connectivity index (χ2n) is 8.08. The summed E-state index contributed by atoms with van der Waals surface area (Å²) in [6.45, 7) is 7.51. The van der Waals surface area contributed by atoms with Crippen LogP contribution >= 0.6 is 12.2 Å². The van der Waals surface area contributed by atoms with Gasteiger partial charge >= 0.3 is 6.18 Å². The monoisotopic (exact) mass is 498 g/mol. The second kappa shape index (κ2) is 11.0. The maximum atomic E-state index is 13.9. The molecule has 2 aromatic rings. The molecule has 0 aliphatic carbocycles. The van der Waals surface area contributed by atoms with E-state index in [4.69, 9.17) is 17.0 Å². The first-order chi connectivity index (χ1) is 16.1. The number of aromatic nitrogens is 2. The van der Waals surface area contributed by atoms with Gasteiger partial charge in [-0.3, -0.25) is 15.6 Å². The number of thiocarbonyl (C=S) groups is 1. The lowest BCUT2D eigenvalue weighted by Gasteiger charge is -2.33. The van der Waals surface area contributed by atoms with Crippen LogP contribution in [0.1, 0.15) is 59.0 Å². The van der Waals surface area contributed by atoms with E-state index < -0.39 is 24.2 Å². The molecule has 34 heavy (non-hydrogen) atoms. The SMILES string of the molecule is CCOCCCNC(=S)NNC(=O)c1cc2n(n1)[C@@H](C(F)(F)F)C[C@@H](c1ccc(C)c(C)c1)N2. The zero-order valence-corrected chi connectivity index (χ0v) is 20.1. The van der Waals surface area contributed by atoms with Gasteiger partial charge in [0.1, 0.15) is 5.82 Å². The first-order valence-corrected chi connectivity index (χ1v) is 11.4. The van der Waals surface area contributed by atoms with Crippen LogP contribution in [-0.4, -0.2) is 46.7 Å². The minimum Gasteiger partial charge on any atom is -0.382 e. The summed E-state index contributed by atoms with van der Waals surface area (Å²) in [6, 6.07) is 4.46. The molecule has 1 amide bonds. The van der Waals surface area contributed by atoms with Crippen LogP contribution in [0.3, 0.4) is 0 Å². The fourth-order valence-electron chi connectivity index (χ4n) is 3.63. The summed E-state index contributed by atoms with van der Waals surface area (Å²) in [6.07, 6.45) is -4.04.